The van der Waals surface area contributed by atoms with Crippen molar-refractivity contribution in [2.45, 2.75) is 31.9 Å². The van der Waals surface area contributed by atoms with Gasteiger partial charge in [-0.15, -0.1) is 0 Å². The summed E-state index contributed by atoms with van der Waals surface area (Å²) in [6, 6.07) is 3.61. The average Bonchev–Trinajstić information content (AvgIpc) is 3.10. The van der Waals surface area contributed by atoms with Gasteiger partial charge in [0, 0.05) is 38.8 Å². The molecule has 3 rings (SSSR count). The van der Waals surface area contributed by atoms with Crippen LogP contribution in [0.4, 0.5) is 27.6 Å². The molecule has 0 aromatic carbocycles. The van der Waals surface area contributed by atoms with Crippen molar-refractivity contribution >= 4 is 21.7 Å². The molecule has 1 atom stereocenters. The third-order valence-electron chi connectivity index (χ3n) is 5.30. The van der Waals surface area contributed by atoms with Crippen LogP contribution in [0.5, 0.6) is 0 Å². The summed E-state index contributed by atoms with van der Waals surface area (Å²) in [5.41, 5.74) is -0.515. The average molecular weight is 459 g/mol. The largest absolute Gasteiger partial charge is 0.490 e. The molecule has 1 aromatic rings. The molecular weight excluding hydrogens is 437 g/mol. The van der Waals surface area contributed by atoms with Crippen LogP contribution in [0.15, 0.2) is 24.5 Å². The van der Waals surface area contributed by atoms with E-state index >= 15 is 0 Å². The second-order valence-corrected chi connectivity index (χ2v) is 9.41. The Labute approximate surface area is 170 Å². The molecule has 0 saturated carbocycles. The highest BCUT2D eigenvalue weighted by Crippen LogP contribution is 2.50. The molecule has 2 aliphatic rings. The normalized spacial score (nSPS) is 24.4. The first-order valence-electron chi connectivity index (χ1n) is 9.05. The van der Waals surface area contributed by atoms with E-state index in [4.69, 9.17) is 9.90 Å². The minimum Gasteiger partial charge on any atom is -0.475 e. The van der Waals surface area contributed by atoms with E-state index < -0.39 is 39.9 Å². The van der Waals surface area contributed by atoms with E-state index in [2.05, 4.69) is 4.98 Å². The molecule has 7 nitrogen and oxygen atoms in total. The minimum atomic E-state index is -5.08. The van der Waals surface area contributed by atoms with E-state index in [1.54, 1.807) is 25.4 Å². The lowest BCUT2D eigenvalue weighted by Gasteiger charge is -2.45. The summed E-state index contributed by atoms with van der Waals surface area (Å²) in [5, 5.41) is 7.12. The van der Waals surface area contributed by atoms with Crippen LogP contribution in [-0.4, -0.2) is 72.8 Å². The number of halogens is 5. The topological polar surface area (TPSA) is 90.8 Å². The lowest BCUT2D eigenvalue weighted by Crippen LogP contribution is -2.58. The summed E-state index contributed by atoms with van der Waals surface area (Å²) in [7, 11) is -3.45. The number of alkyl halides is 5. The summed E-state index contributed by atoms with van der Waals surface area (Å²) in [6.07, 6.45) is -1.92. The molecule has 30 heavy (non-hydrogen) atoms. The quantitative estimate of drug-likeness (QED) is 0.699. The van der Waals surface area contributed by atoms with Crippen molar-refractivity contribution in [3.8, 4) is 0 Å². The maximum absolute atomic E-state index is 14.7. The highest BCUT2D eigenvalue weighted by atomic mass is 32.2. The van der Waals surface area contributed by atoms with Crippen LogP contribution in [0.1, 0.15) is 19.8 Å². The molecule has 3 heterocycles. The van der Waals surface area contributed by atoms with Gasteiger partial charge in [-0.25, -0.2) is 26.3 Å². The molecule has 2 aliphatic heterocycles. The molecule has 0 amide bonds. The number of piperidine rings is 1. The predicted molar refractivity (Wildman–Crippen MR) is 97.8 cm³/mol. The first-order chi connectivity index (χ1) is 13.7. The van der Waals surface area contributed by atoms with Gasteiger partial charge in [-0.3, -0.25) is 4.98 Å². The van der Waals surface area contributed by atoms with Crippen LogP contribution in [-0.2, 0) is 14.8 Å². The first-order valence-corrected chi connectivity index (χ1v) is 10.7. The van der Waals surface area contributed by atoms with E-state index in [1.165, 1.54) is 4.31 Å². The van der Waals surface area contributed by atoms with Gasteiger partial charge in [0.2, 0.25) is 10.0 Å². The Morgan fingerprint density at radius 2 is 1.87 bits per heavy atom. The van der Waals surface area contributed by atoms with Crippen molar-refractivity contribution in [3.05, 3.63) is 24.5 Å². The molecular formula is C17H22F5N3O4S. The van der Waals surface area contributed by atoms with Crippen molar-refractivity contribution in [2.24, 2.45) is 5.41 Å². The second-order valence-electron chi connectivity index (χ2n) is 7.15. The van der Waals surface area contributed by atoms with Crippen LogP contribution in [0.25, 0.3) is 0 Å². The number of aliphatic carboxylic acids is 1. The number of nitrogens with zero attached hydrogens (tertiary/aromatic N) is 3. The standard InChI is InChI=1S/C15H21F2N3O2S.C2HF3O2/c1-2-23(21,22)20-9-6-15(16,17)14(12-20)5-8-19(11-14)13-4-3-7-18-10-13;3-2(4,5)1(6)7/h3-4,7,10H,2,5-6,8-9,11-12H2,1H3;(H,6,7). The number of aromatic nitrogens is 1. The fraction of sp³-hybridized carbons (Fsp3) is 0.647. The summed E-state index contributed by atoms with van der Waals surface area (Å²) < 4.78 is 86.5. The molecule has 1 unspecified atom stereocenters. The van der Waals surface area contributed by atoms with Gasteiger partial charge in [0.05, 0.1) is 23.1 Å². The Hall–Kier alpha value is -2.02. The van der Waals surface area contributed by atoms with Crippen molar-refractivity contribution in [3.63, 3.8) is 0 Å². The Bertz CT molecular complexity index is 851. The zero-order chi connectivity index (χ0) is 22.8. The fourth-order valence-corrected chi connectivity index (χ4v) is 4.72. The number of hydrogen-bond acceptors (Lipinski definition) is 5. The molecule has 1 N–H and O–H groups in total. The summed E-state index contributed by atoms with van der Waals surface area (Å²) in [4.78, 5) is 14.8. The van der Waals surface area contributed by atoms with E-state index in [0.717, 1.165) is 5.69 Å². The number of sulfonamides is 1. The van der Waals surface area contributed by atoms with Gasteiger partial charge in [-0.2, -0.15) is 13.2 Å². The van der Waals surface area contributed by atoms with Crippen LogP contribution in [0, 0.1) is 5.41 Å². The molecule has 170 valence electrons. The van der Waals surface area contributed by atoms with E-state index in [0.29, 0.717) is 6.54 Å². The van der Waals surface area contributed by atoms with E-state index in [1.807, 2.05) is 11.0 Å². The van der Waals surface area contributed by atoms with Crippen LogP contribution in [0.3, 0.4) is 0 Å². The van der Waals surface area contributed by atoms with Gasteiger partial charge >= 0.3 is 12.1 Å². The van der Waals surface area contributed by atoms with Gasteiger partial charge in [-0.05, 0) is 25.5 Å². The Kier molecular flexibility index (Phi) is 6.96. The smallest absolute Gasteiger partial charge is 0.475 e. The first kappa shape index (κ1) is 24.3. The number of carbonyl (C=O) groups is 1. The van der Waals surface area contributed by atoms with E-state index in [9.17, 15) is 30.4 Å². The Morgan fingerprint density at radius 3 is 2.37 bits per heavy atom. The summed E-state index contributed by atoms with van der Waals surface area (Å²) >= 11 is 0. The number of anilines is 1. The van der Waals surface area contributed by atoms with E-state index in [-0.39, 0.29) is 31.8 Å². The molecule has 0 bridgehead atoms. The minimum absolute atomic E-state index is 0.0546. The van der Waals surface area contributed by atoms with Crippen molar-refractivity contribution < 1.29 is 40.3 Å². The maximum Gasteiger partial charge on any atom is 0.490 e. The highest BCUT2D eigenvalue weighted by molar-refractivity contribution is 7.89. The second kappa shape index (κ2) is 8.61. The number of carboxylic acid groups (broad SMARTS) is 1. The third-order valence-corrected chi connectivity index (χ3v) is 7.12. The fourth-order valence-electron chi connectivity index (χ4n) is 3.54. The molecule has 2 saturated heterocycles. The van der Waals surface area contributed by atoms with Gasteiger partial charge in [0.25, 0.3) is 5.92 Å². The maximum atomic E-state index is 14.7. The SMILES string of the molecule is CCS(=O)(=O)N1CCC(F)(F)C2(CCN(c3cccnc3)C2)C1.O=C(O)C(F)(F)F. The lowest BCUT2D eigenvalue weighted by atomic mass is 9.76. The van der Waals surface area contributed by atoms with Gasteiger partial charge in [0.15, 0.2) is 0 Å². The molecule has 13 heteroatoms. The zero-order valence-corrected chi connectivity index (χ0v) is 16.9. The highest BCUT2D eigenvalue weighted by Gasteiger charge is 2.60. The predicted octanol–water partition coefficient (Wildman–Crippen LogP) is 2.60. The van der Waals surface area contributed by atoms with Crippen molar-refractivity contribution in [2.75, 3.05) is 36.8 Å². The van der Waals surface area contributed by atoms with Gasteiger partial charge in [-0.1, -0.05) is 0 Å². The van der Waals surface area contributed by atoms with Crippen LogP contribution in [0.2, 0.25) is 0 Å². The number of carboxylic acids is 1. The molecule has 0 radical (unpaired) electrons. The number of pyridine rings is 1. The number of rotatable bonds is 3. The molecule has 0 aliphatic carbocycles. The molecule has 1 aromatic heterocycles. The summed E-state index contributed by atoms with van der Waals surface area (Å²) in [5.74, 6) is -5.67. The van der Waals surface area contributed by atoms with Gasteiger partial charge in [0.1, 0.15) is 0 Å². The van der Waals surface area contributed by atoms with Crippen LogP contribution < -0.4 is 4.90 Å². The monoisotopic (exact) mass is 459 g/mol. The lowest BCUT2D eigenvalue weighted by molar-refractivity contribution is -0.192. The van der Waals surface area contributed by atoms with Gasteiger partial charge < -0.3 is 10.0 Å². The number of hydrogen-bond donors (Lipinski definition) is 1. The van der Waals surface area contributed by atoms with Crippen molar-refractivity contribution in [1.82, 2.24) is 9.29 Å². The summed E-state index contributed by atoms with van der Waals surface area (Å²) in [6.45, 7) is 1.98. The van der Waals surface area contributed by atoms with Crippen LogP contribution >= 0.6 is 0 Å². The molecule has 1 spiro atoms. The van der Waals surface area contributed by atoms with Crippen molar-refractivity contribution in [1.29, 1.82) is 0 Å². The molecule has 2 fully saturated rings. The zero-order valence-electron chi connectivity index (χ0n) is 16.1. The Morgan fingerprint density at radius 1 is 1.23 bits per heavy atom. The third kappa shape index (κ3) is 5.17. The Balaban J connectivity index is 0.000000396.